The smallest absolute Gasteiger partial charge is 0.341 e. The highest BCUT2D eigenvalue weighted by molar-refractivity contribution is 5.99. The van der Waals surface area contributed by atoms with E-state index < -0.39 is 11.6 Å². The number of carbonyl (C=O) groups excluding carboxylic acids is 2. The lowest BCUT2D eigenvalue weighted by atomic mass is 9.78. The van der Waals surface area contributed by atoms with Gasteiger partial charge < -0.3 is 19.5 Å². The molecule has 0 radical (unpaired) electrons. The van der Waals surface area contributed by atoms with E-state index in [1.165, 1.54) is 7.11 Å². The summed E-state index contributed by atoms with van der Waals surface area (Å²) < 4.78 is 16.5. The molecule has 2 rings (SSSR count). The summed E-state index contributed by atoms with van der Waals surface area (Å²) in [6.45, 7) is 9.09. The Hall–Kier alpha value is -2.08. The summed E-state index contributed by atoms with van der Waals surface area (Å²) in [5.41, 5.74) is 0.00742. The van der Waals surface area contributed by atoms with E-state index in [2.05, 4.69) is 12.2 Å². The molecule has 1 aliphatic carbocycles. The predicted octanol–water partition coefficient (Wildman–Crippen LogP) is 4.43. The first-order valence-electron chi connectivity index (χ1n) is 10.1. The van der Waals surface area contributed by atoms with Crippen molar-refractivity contribution in [1.82, 2.24) is 0 Å². The highest BCUT2D eigenvalue weighted by Crippen LogP contribution is 2.36. The van der Waals surface area contributed by atoms with Crippen LogP contribution in [0.25, 0.3) is 0 Å². The standard InChI is InChI=1S/C22H33NO5/c1-6-28-22(11-7-8-16(4)13-22)21(25)23-17-9-10-19(27-14-15(2)3)18(12-17)20(24)26-5/h9-10,12,15-16H,6-8,11,13-14H2,1-5H3,(H,23,25)/t16-,22-/m1/s1. The Bertz CT molecular complexity index is 684. The number of esters is 1. The topological polar surface area (TPSA) is 73.9 Å². The zero-order valence-electron chi connectivity index (χ0n) is 17.7. The van der Waals surface area contributed by atoms with Crippen molar-refractivity contribution in [2.45, 2.75) is 59.0 Å². The molecule has 2 atom stereocenters. The van der Waals surface area contributed by atoms with Gasteiger partial charge in [0.1, 0.15) is 16.9 Å². The maximum Gasteiger partial charge on any atom is 0.341 e. The van der Waals surface area contributed by atoms with Gasteiger partial charge in [0, 0.05) is 12.3 Å². The van der Waals surface area contributed by atoms with Gasteiger partial charge in [-0.15, -0.1) is 0 Å². The van der Waals surface area contributed by atoms with Gasteiger partial charge in [0.25, 0.3) is 5.91 Å². The maximum atomic E-state index is 13.1. The van der Waals surface area contributed by atoms with Crippen molar-refractivity contribution < 1.29 is 23.8 Å². The summed E-state index contributed by atoms with van der Waals surface area (Å²) in [5.74, 6) is 0.547. The summed E-state index contributed by atoms with van der Waals surface area (Å²) in [6, 6.07) is 5.04. The average Bonchev–Trinajstić information content (AvgIpc) is 2.66. The molecule has 1 aromatic rings. The lowest BCUT2D eigenvalue weighted by molar-refractivity contribution is -0.147. The minimum Gasteiger partial charge on any atom is -0.492 e. The largest absolute Gasteiger partial charge is 0.492 e. The second-order valence-corrected chi connectivity index (χ2v) is 7.99. The molecule has 1 amide bonds. The second kappa shape index (κ2) is 9.92. The van der Waals surface area contributed by atoms with E-state index in [4.69, 9.17) is 14.2 Å². The number of ether oxygens (including phenoxy) is 3. The number of benzene rings is 1. The highest BCUT2D eigenvalue weighted by atomic mass is 16.5. The molecule has 0 aliphatic heterocycles. The molecular formula is C22H33NO5. The van der Waals surface area contributed by atoms with Crippen molar-refractivity contribution in [3.05, 3.63) is 23.8 Å². The van der Waals surface area contributed by atoms with Crippen LogP contribution >= 0.6 is 0 Å². The van der Waals surface area contributed by atoms with Crippen molar-refractivity contribution in [3.8, 4) is 5.75 Å². The van der Waals surface area contributed by atoms with Gasteiger partial charge in [-0.1, -0.05) is 27.2 Å². The molecule has 0 saturated heterocycles. The molecule has 1 aromatic carbocycles. The van der Waals surface area contributed by atoms with Crippen LogP contribution < -0.4 is 10.1 Å². The van der Waals surface area contributed by atoms with Gasteiger partial charge in [-0.2, -0.15) is 0 Å². The third-order valence-corrected chi connectivity index (χ3v) is 5.01. The second-order valence-electron chi connectivity index (χ2n) is 7.99. The molecular weight excluding hydrogens is 358 g/mol. The van der Waals surface area contributed by atoms with Crippen LogP contribution in [0.3, 0.4) is 0 Å². The Labute approximate surface area is 167 Å². The van der Waals surface area contributed by atoms with E-state index in [-0.39, 0.29) is 5.91 Å². The Morgan fingerprint density at radius 2 is 2.07 bits per heavy atom. The van der Waals surface area contributed by atoms with Crippen LogP contribution in [0.1, 0.15) is 63.7 Å². The van der Waals surface area contributed by atoms with Crippen LogP contribution in [-0.4, -0.2) is 37.8 Å². The average molecular weight is 392 g/mol. The number of hydrogen-bond donors (Lipinski definition) is 1. The summed E-state index contributed by atoms with van der Waals surface area (Å²) in [4.78, 5) is 25.3. The SMILES string of the molecule is CCO[C@]1(C(=O)Nc2ccc(OCC(C)C)c(C(=O)OC)c2)CCC[C@@H](C)C1. The monoisotopic (exact) mass is 391 g/mol. The molecule has 1 N–H and O–H groups in total. The van der Waals surface area contributed by atoms with Gasteiger partial charge >= 0.3 is 5.97 Å². The van der Waals surface area contributed by atoms with E-state index >= 15 is 0 Å². The molecule has 0 spiro atoms. The maximum absolute atomic E-state index is 13.1. The number of nitrogens with one attached hydrogen (secondary N) is 1. The third kappa shape index (κ3) is 5.47. The van der Waals surface area contributed by atoms with Crippen molar-refractivity contribution in [3.63, 3.8) is 0 Å². The van der Waals surface area contributed by atoms with Gasteiger partial charge in [-0.3, -0.25) is 4.79 Å². The van der Waals surface area contributed by atoms with Crippen molar-refractivity contribution in [2.24, 2.45) is 11.8 Å². The van der Waals surface area contributed by atoms with Gasteiger partial charge in [0.2, 0.25) is 0 Å². The van der Waals surface area contributed by atoms with Crippen molar-refractivity contribution in [2.75, 3.05) is 25.6 Å². The van der Waals surface area contributed by atoms with Gasteiger partial charge in [0.15, 0.2) is 0 Å². The fraction of sp³-hybridized carbons (Fsp3) is 0.636. The summed E-state index contributed by atoms with van der Waals surface area (Å²) >= 11 is 0. The summed E-state index contributed by atoms with van der Waals surface area (Å²) in [6.07, 6.45) is 3.48. The first kappa shape index (κ1) is 22.2. The zero-order chi connectivity index (χ0) is 20.7. The molecule has 1 aliphatic rings. The minimum atomic E-state index is -0.815. The third-order valence-electron chi connectivity index (χ3n) is 5.01. The van der Waals surface area contributed by atoms with E-state index in [0.29, 0.717) is 54.9 Å². The Morgan fingerprint density at radius 1 is 1.32 bits per heavy atom. The zero-order valence-corrected chi connectivity index (χ0v) is 17.7. The van der Waals surface area contributed by atoms with Gasteiger partial charge in [-0.05, 0) is 56.2 Å². The molecule has 0 heterocycles. The molecule has 1 saturated carbocycles. The number of methoxy groups -OCH3 is 1. The predicted molar refractivity (Wildman–Crippen MR) is 109 cm³/mol. The Kier molecular flexibility index (Phi) is 7.87. The molecule has 0 aromatic heterocycles. The molecule has 0 unspecified atom stereocenters. The lowest BCUT2D eigenvalue weighted by Crippen LogP contribution is -2.48. The van der Waals surface area contributed by atoms with E-state index in [1.54, 1.807) is 18.2 Å². The van der Waals surface area contributed by atoms with Crippen LogP contribution in [0.15, 0.2) is 18.2 Å². The molecule has 6 heteroatoms. The normalized spacial score (nSPS) is 22.0. The van der Waals surface area contributed by atoms with Gasteiger partial charge in [-0.25, -0.2) is 4.79 Å². The van der Waals surface area contributed by atoms with Gasteiger partial charge in [0.05, 0.1) is 13.7 Å². The van der Waals surface area contributed by atoms with Crippen molar-refractivity contribution >= 4 is 17.6 Å². The quantitative estimate of drug-likeness (QED) is 0.664. The lowest BCUT2D eigenvalue weighted by Gasteiger charge is -2.38. The van der Waals surface area contributed by atoms with Crippen molar-refractivity contribution in [1.29, 1.82) is 0 Å². The Balaban J connectivity index is 2.24. The minimum absolute atomic E-state index is 0.160. The summed E-state index contributed by atoms with van der Waals surface area (Å²) in [5, 5.41) is 2.94. The van der Waals surface area contributed by atoms with Crippen LogP contribution in [0, 0.1) is 11.8 Å². The van der Waals surface area contributed by atoms with E-state index in [9.17, 15) is 9.59 Å². The number of rotatable bonds is 8. The summed E-state index contributed by atoms with van der Waals surface area (Å²) in [7, 11) is 1.33. The fourth-order valence-electron chi connectivity index (χ4n) is 3.69. The molecule has 156 valence electrons. The van der Waals surface area contributed by atoms with E-state index in [0.717, 1.165) is 12.8 Å². The van der Waals surface area contributed by atoms with Crippen LogP contribution in [0.5, 0.6) is 5.75 Å². The number of amides is 1. The molecule has 28 heavy (non-hydrogen) atoms. The first-order chi connectivity index (χ1) is 13.3. The van der Waals surface area contributed by atoms with Crippen LogP contribution in [-0.2, 0) is 14.3 Å². The molecule has 0 bridgehead atoms. The fourth-order valence-corrected chi connectivity index (χ4v) is 3.69. The first-order valence-corrected chi connectivity index (χ1v) is 10.1. The van der Waals surface area contributed by atoms with E-state index in [1.807, 2.05) is 20.8 Å². The number of carbonyl (C=O) groups is 2. The Morgan fingerprint density at radius 3 is 2.68 bits per heavy atom. The molecule has 1 fully saturated rings. The van der Waals surface area contributed by atoms with Crippen LogP contribution in [0.4, 0.5) is 5.69 Å². The van der Waals surface area contributed by atoms with Crippen LogP contribution in [0.2, 0.25) is 0 Å². The number of anilines is 1. The number of hydrogen-bond acceptors (Lipinski definition) is 5. The molecule has 6 nitrogen and oxygen atoms in total. The highest BCUT2D eigenvalue weighted by Gasteiger charge is 2.42.